The number of aromatic amines is 1. The van der Waals surface area contributed by atoms with Gasteiger partial charge in [-0.25, -0.2) is 0 Å². The predicted molar refractivity (Wildman–Crippen MR) is 78.4 cm³/mol. The molecule has 1 aromatic heterocycles. The zero-order valence-electron chi connectivity index (χ0n) is 11.4. The van der Waals surface area contributed by atoms with Gasteiger partial charge in [0.25, 0.3) is 0 Å². The van der Waals surface area contributed by atoms with Crippen molar-refractivity contribution < 1.29 is 9.59 Å². The summed E-state index contributed by atoms with van der Waals surface area (Å²) in [5.41, 5.74) is 2.69. The average molecular weight is 284 g/mol. The Morgan fingerprint density at radius 1 is 1.24 bits per heavy atom. The van der Waals surface area contributed by atoms with Crippen LogP contribution in [0.3, 0.4) is 0 Å². The van der Waals surface area contributed by atoms with E-state index in [4.69, 9.17) is 0 Å². The molecule has 1 aromatic carbocycles. The van der Waals surface area contributed by atoms with Crippen molar-refractivity contribution in [2.45, 2.75) is 12.8 Å². The van der Waals surface area contributed by atoms with E-state index in [1.807, 2.05) is 30.3 Å². The van der Waals surface area contributed by atoms with Crippen molar-refractivity contribution in [1.82, 2.24) is 15.5 Å². The first-order chi connectivity index (χ1) is 10.2. The van der Waals surface area contributed by atoms with E-state index in [-0.39, 0.29) is 17.7 Å². The van der Waals surface area contributed by atoms with Crippen LogP contribution in [0.2, 0.25) is 0 Å². The molecule has 1 aliphatic heterocycles. The Balaban J connectivity index is 1.62. The van der Waals surface area contributed by atoms with Gasteiger partial charge in [-0.1, -0.05) is 12.1 Å². The van der Waals surface area contributed by atoms with Crippen molar-refractivity contribution in [2.24, 2.45) is 5.92 Å². The SMILES string of the molecule is O=C1CC[C@H](C(=O)Nc2ccc(-c3ccn[nH]3)cc2)CN1. The number of hydrogen-bond acceptors (Lipinski definition) is 3. The molecular weight excluding hydrogens is 268 g/mol. The van der Waals surface area contributed by atoms with Crippen molar-refractivity contribution in [3.05, 3.63) is 36.5 Å². The summed E-state index contributed by atoms with van der Waals surface area (Å²) in [6.45, 7) is 0.414. The Hall–Kier alpha value is -2.63. The molecule has 3 rings (SSSR count). The van der Waals surface area contributed by atoms with Gasteiger partial charge in [0.1, 0.15) is 0 Å². The maximum Gasteiger partial charge on any atom is 0.229 e. The number of carbonyl (C=O) groups excluding carboxylic acids is 2. The molecule has 2 heterocycles. The lowest BCUT2D eigenvalue weighted by atomic mass is 9.98. The van der Waals surface area contributed by atoms with E-state index in [0.717, 1.165) is 16.9 Å². The van der Waals surface area contributed by atoms with E-state index < -0.39 is 0 Å². The molecule has 1 aliphatic rings. The summed E-state index contributed by atoms with van der Waals surface area (Å²) < 4.78 is 0. The summed E-state index contributed by atoms with van der Waals surface area (Å²) in [6.07, 6.45) is 2.71. The first-order valence-corrected chi connectivity index (χ1v) is 6.90. The maximum atomic E-state index is 12.1. The lowest BCUT2D eigenvalue weighted by Crippen LogP contribution is -2.40. The summed E-state index contributed by atoms with van der Waals surface area (Å²) in [7, 11) is 0. The molecule has 1 saturated heterocycles. The smallest absolute Gasteiger partial charge is 0.229 e. The lowest BCUT2D eigenvalue weighted by Gasteiger charge is -2.21. The molecule has 0 aliphatic carbocycles. The Labute approximate surface area is 121 Å². The van der Waals surface area contributed by atoms with E-state index in [9.17, 15) is 9.59 Å². The van der Waals surface area contributed by atoms with E-state index in [2.05, 4.69) is 20.8 Å². The van der Waals surface area contributed by atoms with Gasteiger partial charge in [-0.3, -0.25) is 14.7 Å². The Morgan fingerprint density at radius 3 is 2.67 bits per heavy atom. The van der Waals surface area contributed by atoms with Crippen molar-refractivity contribution in [2.75, 3.05) is 11.9 Å². The molecule has 6 heteroatoms. The number of H-pyrrole nitrogens is 1. The molecule has 21 heavy (non-hydrogen) atoms. The van der Waals surface area contributed by atoms with Gasteiger partial charge in [0.2, 0.25) is 11.8 Å². The van der Waals surface area contributed by atoms with Crippen LogP contribution in [-0.4, -0.2) is 28.6 Å². The normalized spacial score (nSPS) is 18.1. The zero-order chi connectivity index (χ0) is 14.7. The standard InChI is InChI=1S/C15H16N4O2/c20-14-6-3-11(9-16-14)15(21)18-12-4-1-10(2-5-12)13-7-8-17-19-13/h1-2,4-5,7-8,11H,3,6,9H2,(H,16,20)(H,17,19)(H,18,21)/t11-/m0/s1. The summed E-state index contributed by atoms with van der Waals surface area (Å²) in [5.74, 6) is -0.192. The number of nitrogens with zero attached hydrogens (tertiary/aromatic N) is 1. The first kappa shape index (κ1) is 13.4. The van der Waals surface area contributed by atoms with Crippen LogP contribution >= 0.6 is 0 Å². The number of rotatable bonds is 3. The third-order valence-corrected chi connectivity index (χ3v) is 3.60. The fraction of sp³-hybridized carbons (Fsp3) is 0.267. The molecule has 0 radical (unpaired) electrons. The molecule has 0 unspecified atom stereocenters. The second-order valence-electron chi connectivity index (χ2n) is 5.08. The van der Waals surface area contributed by atoms with Gasteiger partial charge in [-0.2, -0.15) is 5.10 Å². The molecular formula is C15H16N4O2. The van der Waals surface area contributed by atoms with Crippen LogP contribution in [0.4, 0.5) is 5.69 Å². The van der Waals surface area contributed by atoms with Gasteiger partial charge < -0.3 is 10.6 Å². The third-order valence-electron chi connectivity index (χ3n) is 3.60. The number of amides is 2. The molecule has 2 aromatic rings. The molecule has 2 amide bonds. The number of anilines is 1. The van der Waals surface area contributed by atoms with Crippen LogP contribution < -0.4 is 10.6 Å². The van der Waals surface area contributed by atoms with Crippen molar-refractivity contribution in [3.63, 3.8) is 0 Å². The Bertz CT molecular complexity index is 624. The number of benzene rings is 1. The van der Waals surface area contributed by atoms with E-state index in [1.54, 1.807) is 6.20 Å². The van der Waals surface area contributed by atoms with Crippen LogP contribution in [0.15, 0.2) is 36.5 Å². The molecule has 0 saturated carbocycles. The molecule has 6 nitrogen and oxygen atoms in total. The fourth-order valence-corrected chi connectivity index (χ4v) is 2.35. The van der Waals surface area contributed by atoms with Crippen LogP contribution in [-0.2, 0) is 9.59 Å². The van der Waals surface area contributed by atoms with Gasteiger partial charge in [0, 0.05) is 24.8 Å². The summed E-state index contributed by atoms with van der Waals surface area (Å²) in [6, 6.07) is 9.45. The Kier molecular flexibility index (Phi) is 3.68. The molecule has 1 atom stereocenters. The van der Waals surface area contributed by atoms with Crippen LogP contribution in [0.1, 0.15) is 12.8 Å². The van der Waals surface area contributed by atoms with Crippen molar-refractivity contribution in [1.29, 1.82) is 0 Å². The molecule has 0 spiro atoms. The quantitative estimate of drug-likeness (QED) is 0.799. The minimum atomic E-state index is -0.157. The third kappa shape index (κ3) is 3.10. The highest BCUT2D eigenvalue weighted by atomic mass is 16.2. The monoisotopic (exact) mass is 284 g/mol. The van der Waals surface area contributed by atoms with Crippen LogP contribution in [0.25, 0.3) is 11.3 Å². The second kappa shape index (κ2) is 5.78. The number of piperidine rings is 1. The van der Waals surface area contributed by atoms with Crippen molar-refractivity contribution in [3.8, 4) is 11.3 Å². The fourth-order valence-electron chi connectivity index (χ4n) is 2.35. The van der Waals surface area contributed by atoms with Crippen LogP contribution in [0.5, 0.6) is 0 Å². The van der Waals surface area contributed by atoms with Gasteiger partial charge >= 0.3 is 0 Å². The van der Waals surface area contributed by atoms with E-state index in [1.165, 1.54) is 0 Å². The van der Waals surface area contributed by atoms with Gasteiger partial charge in [0.15, 0.2) is 0 Å². The summed E-state index contributed by atoms with van der Waals surface area (Å²) in [5, 5.41) is 12.4. The van der Waals surface area contributed by atoms with Gasteiger partial charge in [-0.15, -0.1) is 0 Å². The highest BCUT2D eigenvalue weighted by molar-refractivity contribution is 5.94. The second-order valence-corrected chi connectivity index (χ2v) is 5.08. The van der Waals surface area contributed by atoms with Gasteiger partial charge in [-0.05, 0) is 30.2 Å². The van der Waals surface area contributed by atoms with Crippen LogP contribution in [0, 0.1) is 5.92 Å². The average Bonchev–Trinajstić information content (AvgIpc) is 3.03. The number of aromatic nitrogens is 2. The highest BCUT2D eigenvalue weighted by Crippen LogP contribution is 2.20. The molecule has 1 fully saturated rings. The topological polar surface area (TPSA) is 86.9 Å². The van der Waals surface area contributed by atoms with Crippen molar-refractivity contribution >= 4 is 17.5 Å². The minimum Gasteiger partial charge on any atom is -0.355 e. The summed E-state index contributed by atoms with van der Waals surface area (Å²) >= 11 is 0. The number of carbonyl (C=O) groups is 2. The first-order valence-electron chi connectivity index (χ1n) is 6.90. The zero-order valence-corrected chi connectivity index (χ0v) is 11.4. The van der Waals surface area contributed by atoms with Gasteiger partial charge in [0.05, 0.1) is 11.6 Å². The molecule has 108 valence electrons. The van der Waals surface area contributed by atoms with E-state index in [0.29, 0.717) is 19.4 Å². The molecule has 3 N–H and O–H groups in total. The number of nitrogens with one attached hydrogen (secondary N) is 3. The predicted octanol–water partition coefficient (Wildman–Crippen LogP) is 1.54. The molecule has 0 bridgehead atoms. The maximum absolute atomic E-state index is 12.1. The lowest BCUT2D eigenvalue weighted by molar-refractivity contribution is -0.126. The largest absolute Gasteiger partial charge is 0.355 e. The number of hydrogen-bond donors (Lipinski definition) is 3. The van der Waals surface area contributed by atoms with E-state index >= 15 is 0 Å². The minimum absolute atomic E-state index is 0.0166. The Morgan fingerprint density at radius 2 is 2.05 bits per heavy atom. The highest BCUT2D eigenvalue weighted by Gasteiger charge is 2.24. The summed E-state index contributed by atoms with van der Waals surface area (Å²) in [4.78, 5) is 23.2.